The van der Waals surface area contributed by atoms with Gasteiger partial charge in [-0.1, -0.05) is 35.9 Å². The summed E-state index contributed by atoms with van der Waals surface area (Å²) in [7, 11) is 0. The third kappa shape index (κ3) is 3.54. The summed E-state index contributed by atoms with van der Waals surface area (Å²) in [6.45, 7) is 2.60. The van der Waals surface area contributed by atoms with E-state index >= 15 is 0 Å². The molecule has 27 heavy (non-hydrogen) atoms. The van der Waals surface area contributed by atoms with Crippen molar-refractivity contribution in [1.82, 2.24) is 4.98 Å². The minimum atomic E-state index is -0.394. The number of carbonyl (C=O) groups is 1. The molecule has 1 aliphatic rings. The molecule has 138 valence electrons. The summed E-state index contributed by atoms with van der Waals surface area (Å²) in [5.74, 6) is -0.394. The van der Waals surface area contributed by atoms with Crippen molar-refractivity contribution < 1.29 is 9.53 Å². The number of hydrogen-bond acceptors (Lipinski definition) is 4. The smallest absolute Gasteiger partial charge is 0.272 e. The van der Waals surface area contributed by atoms with Gasteiger partial charge in [0.2, 0.25) is 0 Å². The molecular weight excluding hydrogens is 366 g/mol. The second kappa shape index (κ2) is 7.42. The van der Waals surface area contributed by atoms with Crippen LogP contribution in [0.4, 0.5) is 11.4 Å². The molecule has 1 fully saturated rings. The first kappa shape index (κ1) is 17.6. The largest absolute Gasteiger partial charge is 0.378 e. The van der Waals surface area contributed by atoms with Crippen LogP contribution in [0.2, 0.25) is 5.02 Å². The van der Waals surface area contributed by atoms with E-state index in [9.17, 15) is 9.59 Å². The summed E-state index contributed by atoms with van der Waals surface area (Å²) in [4.78, 5) is 29.8. The number of morpholine rings is 1. The minimum Gasteiger partial charge on any atom is -0.378 e. The highest BCUT2D eigenvalue weighted by atomic mass is 35.5. The molecule has 2 heterocycles. The number of anilines is 2. The molecule has 0 bridgehead atoms. The van der Waals surface area contributed by atoms with E-state index in [1.54, 1.807) is 42.5 Å². The van der Waals surface area contributed by atoms with Crippen LogP contribution in [0.25, 0.3) is 10.8 Å². The average molecular weight is 384 g/mol. The number of aromatic amines is 1. The van der Waals surface area contributed by atoms with E-state index in [-0.39, 0.29) is 11.3 Å². The van der Waals surface area contributed by atoms with Gasteiger partial charge in [-0.3, -0.25) is 9.59 Å². The second-order valence-corrected chi connectivity index (χ2v) is 6.70. The minimum absolute atomic E-state index is 0.201. The lowest BCUT2D eigenvalue weighted by atomic mass is 10.1. The Balaban J connectivity index is 1.67. The number of amides is 1. The summed E-state index contributed by atoms with van der Waals surface area (Å²) < 4.78 is 5.39. The number of fused-ring (bicyclic) bond motifs is 1. The van der Waals surface area contributed by atoms with Gasteiger partial charge in [0.25, 0.3) is 11.5 Å². The molecule has 0 unspecified atom stereocenters. The van der Waals surface area contributed by atoms with Crippen LogP contribution in [0.1, 0.15) is 10.5 Å². The van der Waals surface area contributed by atoms with Crippen molar-refractivity contribution in [3.05, 3.63) is 69.6 Å². The predicted molar refractivity (Wildman–Crippen MR) is 107 cm³/mol. The highest BCUT2D eigenvalue weighted by Crippen LogP contribution is 2.34. The summed E-state index contributed by atoms with van der Waals surface area (Å²) >= 11 is 6.40. The molecule has 7 heteroatoms. The third-order valence-electron chi connectivity index (χ3n) is 4.56. The molecule has 3 aromatic rings. The molecule has 1 aromatic heterocycles. The van der Waals surface area contributed by atoms with E-state index in [0.717, 1.165) is 5.69 Å². The Bertz CT molecular complexity index is 1060. The molecule has 0 saturated carbocycles. The van der Waals surface area contributed by atoms with Gasteiger partial charge in [-0.2, -0.15) is 0 Å². The number of pyridine rings is 1. The number of hydrogen-bond donors (Lipinski definition) is 2. The molecule has 2 aromatic carbocycles. The molecule has 4 rings (SSSR count). The number of nitrogens with zero attached hydrogens (tertiary/aromatic N) is 1. The second-order valence-electron chi connectivity index (χ2n) is 6.29. The van der Waals surface area contributed by atoms with Gasteiger partial charge in [0.1, 0.15) is 5.69 Å². The predicted octanol–water partition coefficient (Wildman–Crippen LogP) is 3.27. The highest BCUT2D eigenvalue weighted by Gasteiger charge is 2.20. The fourth-order valence-electron chi connectivity index (χ4n) is 3.25. The van der Waals surface area contributed by atoms with Gasteiger partial charge in [0.15, 0.2) is 0 Å². The Hall–Kier alpha value is -2.83. The molecular formula is C20H18ClN3O3. The maximum atomic E-state index is 12.8. The van der Waals surface area contributed by atoms with E-state index in [4.69, 9.17) is 16.3 Å². The number of para-hydroxylation sites is 1. The Kier molecular flexibility index (Phi) is 4.83. The summed E-state index contributed by atoms with van der Waals surface area (Å²) in [6, 6.07) is 14.2. The van der Waals surface area contributed by atoms with Crippen LogP contribution in [0.15, 0.2) is 53.3 Å². The molecule has 1 aliphatic heterocycles. The Labute approximate surface area is 160 Å². The van der Waals surface area contributed by atoms with Crippen molar-refractivity contribution in [2.24, 2.45) is 0 Å². The Morgan fingerprint density at radius 1 is 1.11 bits per heavy atom. The molecule has 6 nitrogen and oxygen atoms in total. The fraction of sp³-hybridized carbons (Fsp3) is 0.200. The molecule has 2 N–H and O–H groups in total. The van der Waals surface area contributed by atoms with Gasteiger partial charge < -0.3 is 19.9 Å². The Morgan fingerprint density at radius 2 is 1.89 bits per heavy atom. The summed E-state index contributed by atoms with van der Waals surface area (Å²) in [5, 5.41) is 4.70. The number of nitrogens with one attached hydrogen (secondary N) is 2. The number of halogens is 1. The van der Waals surface area contributed by atoms with Crippen molar-refractivity contribution in [2.75, 3.05) is 36.5 Å². The first-order chi connectivity index (χ1) is 13.1. The van der Waals surface area contributed by atoms with Crippen molar-refractivity contribution >= 4 is 39.7 Å². The summed E-state index contributed by atoms with van der Waals surface area (Å²) in [6.07, 6.45) is 0. The van der Waals surface area contributed by atoms with Crippen LogP contribution in [0.5, 0.6) is 0 Å². The molecule has 0 radical (unpaired) electrons. The summed E-state index contributed by atoms with van der Waals surface area (Å²) in [5.41, 5.74) is 1.27. The van der Waals surface area contributed by atoms with Crippen LogP contribution in [0.3, 0.4) is 0 Å². The Morgan fingerprint density at radius 3 is 2.70 bits per heavy atom. The number of H-pyrrole nitrogens is 1. The number of benzene rings is 2. The van der Waals surface area contributed by atoms with Crippen molar-refractivity contribution in [3.63, 3.8) is 0 Å². The standard InChI is InChI=1S/C20H18ClN3O3/c21-15-6-3-7-16(18(15)24-8-10-27-11-9-24)22-20(26)17-12-13-4-1-2-5-14(13)19(25)23-17/h1-7,12H,8-11H2,(H,22,26)(H,23,25). The van der Waals surface area contributed by atoms with E-state index in [0.29, 0.717) is 47.8 Å². The van der Waals surface area contributed by atoms with Gasteiger partial charge in [-0.05, 0) is 29.7 Å². The fourth-order valence-corrected chi connectivity index (χ4v) is 3.54. The molecule has 0 spiro atoms. The zero-order chi connectivity index (χ0) is 18.8. The normalized spacial score (nSPS) is 14.3. The number of aromatic nitrogens is 1. The lowest BCUT2D eigenvalue weighted by Crippen LogP contribution is -2.37. The highest BCUT2D eigenvalue weighted by molar-refractivity contribution is 6.34. The zero-order valence-electron chi connectivity index (χ0n) is 14.5. The van der Waals surface area contributed by atoms with Gasteiger partial charge in [-0.25, -0.2) is 0 Å². The number of rotatable bonds is 3. The van der Waals surface area contributed by atoms with Gasteiger partial charge in [0, 0.05) is 18.5 Å². The van der Waals surface area contributed by atoms with Crippen LogP contribution in [0, 0.1) is 0 Å². The van der Waals surface area contributed by atoms with Crippen LogP contribution in [-0.2, 0) is 4.74 Å². The van der Waals surface area contributed by atoms with Crippen molar-refractivity contribution in [2.45, 2.75) is 0 Å². The van der Waals surface area contributed by atoms with Gasteiger partial charge >= 0.3 is 0 Å². The maximum absolute atomic E-state index is 12.8. The van der Waals surface area contributed by atoms with E-state index in [1.807, 2.05) is 6.07 Å². The molecule has 0 aliphatic carbocycles. The quantitative estimate of drug-likeness (QED) is 0.728. The number of carbonyl (C=O) groups excluding carboxylic acids is 1. The first-order valence-corrected chi connectivity index (χ1v) is 9.06. The first-order valence-electron chi connectivity index (χ1n) is 8.68. The lowest BCUT2D eigenvalue weighted by molar-refractivity contribution is 0.102. The van der Waals surface area contributed by atoms with Crippen molar-refractivity contribution in [1.29, 1.82) is 0 Å². The van der Waals surface area contributed by atoms with Crippen molar-refractivity contribution in [3.8, 4) is 0 Å². The topological polar surface area (TPSA) is 74.4 Å². The SMILES string of the molecule is O=C(Nc1cccc(Cl)c1N1CCOCC1)c1cc2ccccc2c(=O)[nH]1. The third-order valence-corrected chi connectivity index (χ3v) is 4.87. The van der Waals surface area contributed by atoms with E-state index in [2.05, 4.69) is 15.2 Å². The van der Waals surface area contributed by atoms with Gasteiger partial charge in [0.05, 0.1) is 29.6 Å². The van der Waals surface area contributed by atoms with Crippen LogP contribution >= 0.6 is 11.6 Å². The molecule has 1 amide bonds. The van der Waals surface area contributed by atoms with E-state index in [1.165, 1.54) is 0 Å². The maximum Gasteiger partial charge on any atom is 0.272 e. The monoisotopic (exact) mass is 383 g/mol. The van der Waals surface area contributed by atoms with Crippen LogP contribution in [-0.4, -0.2) is 37.2 Å². The van der Waals surface area contributed by atoms with Crippen LogP contribution < -0.4 is 15.8 Å². The molecule has 1 saturated heterocycles. The lowest BCUT2D eigenvalue weighted by Gasteiger charge is -2.31. The molecule has 0 atom stereocenters. The zero-order valence-corrected chi connectivity index (χ0v) is 15.3. The average Bonchev–Trinajstić information content (AvgIpc) is 2.69. The number of ether oxygens (including phenoxy) is 1. The van der Waals surface area contributed by atoms with E-state index < -0.39 is 5.91 Å². The van der Waals surface area contributed by atoms with Gasteiger partial charge in [-0.15, -0.1) is 0 Å².